The standard InChI is InChI=1S/C19H26N4O4S2/c1-13-10-23(11-14(2)27-13)29(25,26)8-7-20-19(24)22-17-6-4-5-16(9-17)18-12-28-15(3)21-18/h4-6,9,12-14H,7-8,10-11H2,1-3H3,(H2,20,22,24)/t13-,14-/m1/s1. The molecule has 10 heteroatoms. The molecule has 2 amide bonds. The Labute approximate surface area is 175 Å². The van der Waals surface area contributed by atoms with Crippen LogP contribution >= 0.6 is 11.3 Å². The second-order valence-corrected chi connectivity index (χ2v) is 10.3. The molecule has 0 spiro atoms. The monoisotopic (exact) mass is 438 g/mol. The summed E-state index contributed by atoms with van der Waals surface area (Å²) < 4.78 is 32.0. The van der Waals surface area contributed by atoms with Crippen molar-refractivity contribution in [3.8, 4) is 11.3 Å². The maximum absolute atomic E-state index is 12.5. The Balaban J connectivity index is 1.51. The van der Waals surface area contributed by atoms with Gasteiger partial charge in [0.15, 0.2) is 0 Å². The molecule has 0 radical (unpaired) electrons. The van der Waals surface area contributed by atoms with Crippen LogP contribution in [-0.4, -0.2) is 61.3 Å². The second-order valence-electron chi connectivity index (χ2n) is 7.10. The normalized spacial score (nSPS) is 20.4. The van der Waals surface area contributed by atoms with Crippen LogP contribution in [0.2, 0.25) is 0 Å². The number of anilines is 1. The molecule has 2 N–H and O–H groups in total. The Morgan fingerprint density at radius 3 is 2.69 bits per heavy atom. The number of urea groups is 1. The highest BCUT2D eigenvalue weighted by atomic mass is 32.2. The molecule has 0 aliphatic carbocycles. The number of rotatable bonds is 6. The van der Waals surface area contributed by atoms with Crippen molar-refractivity contribution < 1.29 is 17.9 Å². The van der Waals surface area contributed by atoms with Gasteiger partial charge in [0.25, 0.3) is 0 Å². The van der Waals surface area contributed by atoms with Crippen LogP contribution in [0.15, 0.2) is 29.6 Å². The van der Waals surface area contributed by atoms with E-state index in [0.717, 1.165) is 16.3 Å². The van der Waals surface area contributed by atoms with Crippen molar-refractivity contribution in [2.24, 2.45) is 0 Å². The summed E-state index contributed by atoms with van der Waals surface area (Å²) in [5, 5.41) is 8.29. The van der Waals surface area contributed by atoms with Crippen LogP contribution in [0, 0.1) is 6.92 Å². The lowest BCUT2D eigenvalue weighted by Crippen LogP contribution is -2.49. The van der Waals surface area contributed by atoms with Gasteiger partial charge in [0.1, 0.15) is 0 Å². The molecule has 2 atom stereocenters. The number of aromatic nitrogens is 1. The average Bonchev–Trinajstić information content (AvgIpc) is 3.07. The number of carbonyl (C=O) groups excluding carboxylic acids is 1. The van der Waals surface area contributed by atoms with Gasteiger partial charge in [-0.3, -0.25) is 0 Å². The Hall–Kier alpha value is -2.01. The molecule has 2 aromatic rings. The summed E-state index contributed by atoms with van der Waals surface area (Å²) in [4.78, 5) is 16.6. The number of hydrogen-bond donors (Lipinski definition) is 2. The number of morpholine rings is 1. The maximum atomic E-state index is 12.5. The highest BCUT2D eigenvalue weighted by Gasteiger charge is 2.30. The topological polar surface area (TPSA) is 101 Å². The molecule has 1 aliphatic heterocycles. The van der Waals surface area contributed by atoms with Crippen LogP contribution in [0.3, 0.4) is 0 Å². The summed E-state index contributed by atoms with van der Waals surface area (Å²) in [5.74, 6) is -0.155. The summed E-state index contributed by atoms with van der Waals surface area (Å²) >= 11 is 1.56. The number of thiazole rings is 1. The van der Waals surface area contributed by atoms with E-state index in [-0.39, 0.29) is 24.5 Å². The van der Waals surface area contributed by atoms with E-state index in [4.69, 9.17) is 4.74 Å². The van der Waals surface area contributed by atoms with Crippen molar-refractivity contribution in [1.82, 2.24) is 14.6 Å². The molecular formula is C19H26N4O4S2. The molecule has 3 rings (SSSR count). The van der Waals surface area contributed by atoms with E-state index in [1.165, 1.54) is 4.31 Å². The van der Waals surface area contributed by atoms with E-state index in [1.807, 2.05) is 44.4 Å². The fourth-order valence-corrected chi connectivity index (χ4v) is 5.32. The highest BCUT2D eigenvalue weighted by Crippen LogP contribution is 2.24. The van der Waals surface area contributed by atoms with Gasteiger partial charge in [-0.05, 0) is 32.9 Å². The second kappa shape index (κ2) is 9.21. The molecule has 1 aliphatic rings. The van der Waals surface area contributed by atoms with Crippen molar-refractivity contribution in [1.29, 1.82) is 0 Å². The number of amides is 2. The Bertz CT molecular complexity index is 951. The van der Waals surface area contributed by atoms with Crippen LogP contribution in [0.5, 0.6) is 0 Å². The van der Waals surface area contributed by atoms with Crippen LogP contribution in [-0.2, 0) is 14.8 Å². The molecule has 1 fully saturated rings. The number of aryl methyl sites for hydroxylation is 1. The molecule has 0 bridgehead atoms. The van der Waals surface area contributed by atoms with Gasteiger partial charge in [0, 0.05) is 36.3 Å². The number of ether oxygens (including phenoxy) is 1. The Morgan fingerprint density at radius 1 is 1.31 bits per heavy atom. The maximum Gasteiger partial charge on any atom is 0.319 e. The van der Waals surface area contributed by atoms with Gasteiger partial charge >= 0.3 is 6.03 Å². The first kappa shape index (κ1) is 21.7. The van der Waals surface area contributed by atoms with E-state index >= 15 is 0 Å². The van der Waals surface area contributed by atoms with E-state index in [1.54, 1.807) is 17.4 Å². The van der Waals surface area contributed by atoms with Crippen LogP contribution in [0.25, 0.3) is 11.3 Å². The minimum Gasteiger partial charge on any atom is -0.373 e. The zero-order valence-corrected chi connectivity index (χ0v) is 18.3. The van der Waals surface area contributed by atoms with Crippen molar-refractivity contribution in [2.45, 2.75) is 33.0 Å². The minimum atomic E-state index is -3.45. The quantitative estimate of drug-likeness (QED) is 0.722. The first-order valence-corrected chi connectivity index (χ1v) is 11.9. The average molecular weight is 439 g/mol. The van der Waals surface area contributed by atoms with Gasteiger partial charge < -0.3 is 15.4 Å². The SMILES string of the molecule is Cc1nc(-c2cccc(NC(=O)NCCS(=O)(=O)N3C[C@@H](C)O[C@H](C)C3)c2)cs1. The first-order valence-electron chi connectivity index (χ1n) is 9.43. The minimum absolute atomic E-state index is 0.0270. The van der Waals surface area contributed by atoms with E-state index < -0.39 is 16.1 Å². The third-order valence-electron chi connectivity index (χ3n) is 4.46. The van der Waals surface area contributed by atoms with Crippen LogP contribution < -0.4 is 10.6 Å². The highest BCUT2D eigenvalue weighted by molar-refractivity contribution is 7.89. The van der Waals surface area contributed by atoms with Gasteiger partial charge in [-0.15, -0.1) is 11.3 Å². The molecular weight excluding hydrogens is 412 g/mol. The van der Waals surface area contributed by atoms with Crippen molar-refractivity contribution in [3.05, 3.63) is 34.7 Å². The van der Waals surface area contributed by atoms with Gasteiger partial charge in [0.2, 0.25) is 10.0 Å². The molecule has 0 unspecified atom stereocenters. The Kier molecular flexibility index (Phi) is 6.89. The molecule has 29 heavy (non-hydrogen) atoms. The van der Waals surface area contributed by atoms with Crippen molar-refractivity contribution >= 4 is 33.1 Å². The van der Waals surface area contributed by atoms with Crippen molar-refractivity contribution in [2.75, 3.05) is 30.7 Å². The van der Waals surface area contributed by atoms with E-state index in [0.29, 0.717) is 18.8 Å². The van der Waals surface area contributed by atoms with E-state index in [2.05, 4.69) is 15.6 Å². The molecule has 1 saturated heterocycles. The fourth-order valence-electron chi connectivity index (χ4n) is 3.21. The molecule has 2 heterocycles. The lowest BCUT2D eigenvalue weighted by atomic mass is 10.1. The summed E-state index contributed by atoms with van der Waals surface area (Å²) in [6.07, 6.45) is -0.280. The number of nitrogens with one attached hydrogen (secondary N) is 2. The van der Waals surface area contributed by atoms with Crippen molar-refractivity contribution in [3.63, 3.8) is 0 Å². The number of hydrogen-bond acceptors (Lipinski definition) is 6. The Morgan fingerprint density at radius 2 is 2.03 bits per heavy atom. The smallest absolute Gasteiger partial charge is 0.319 e. The number of carbonyl (C=O) groups is 1. The number of sulfonamides is 1. The van der Waals surface area contributed by atoms with Gasteiger partial charge in [-0.2, -0.15) is 4.31 Å². The number of benzene rings is 1. The van der Waals surface area contributed by atoms with Gasteiger partial charge in [-0.25, -0.2) is 18.2 Å². The molecule has 1 aromatic heterocycles. The lowest BCUT2D eigenvalue weighted by molar-refractivity contribution is -0.0440. The first-order chi connectivity index (χ1) is 13.7. The zero-order valence-electron chi connectivity index (χ0n) is 16.7. The largest absolute Gasteiger partial charge is 0.373 e. The molecule has 158 valence electrons. The molecule has 1 aromatic carbocycles. The summed E-state index contributed by atoms with van der Waals surface area (Å²) in [7, 11) is -3.45. The summed E-state index contributed by atoms with van der Waals surface area (Å²) in [5.41, 5.74) is 2.38. The number of nitrogens with zero attached hydrogens (tertiary/aromatic N) is 2. The third-order valence-corrected chi connectivity index (χ3v) is 7.04. The predicted molar refractivity (Wildman–Crippen MR) is 115 cm³/mol. The fraction of sp³-hybridized carbons (Fsp3) is 0.474. The summed E-state index contributed by atoms with van der Waals surface area (Å²) in [6, 6.07) is 6.92. The lowest BCUT2D eigenvalue weighted by Gasteiger charge is -2.34. The predicted octanol–water partition coefficient (Wildman–Crippen LogP) is 2.68. The van der Waals surface area contributed by atoms with Gasteiger partial charge in [-0.1, -0.05) is 12.1 Å². The zero-order chi connectivity index (χ0) is 21.0. The van der Waals surface area contributed by atoms with Gasteiger partial charge in [0.05, 0.1) is 28.7 Å². The summed E-state index contributed by atoms with van der Waals surface area (Å²) in [6.45, 7) is 6.34. The third kappa shape index (κ3) is 5.99. The van der Waals surface area contributed by atoms with Crippen LogP contribution in [0.1, 0.15) is 18.9 Å². The molecule has 8 nitrogen and oxygen atoms in total. The molecule has 0 saturated carbocycles. The van der Waals surface area contributed by atoms with Crippen LogP contribution in [0.4, 0.5) is 10.5 Å². The van der Waals surface area contributed by atoms with E-state index in [9.17, 15) is 13.2 Å².